The molecule has 1 aromatic heterocycles. The van der Waals surface area contributed by atoms with E-state index in [0.29, 0.717) is 47.0 Å². The fourth-order valence-corrected chi connectivity index (χ4v) is 2.98. The number of thiazole rings is 1. The molecule has 0 bridgehead atoms. The molecule has 0 spiro atoms. The zero-order valence-electron chi connectivity index (χ0n) is 11.2. The maximum Gasteiger partial charge on any atom is 0.357 e. The molecule has 110 valence electrons. The molecule has 0 atom stereocenters. The Morgan fingerprint density at radius 1 is 1.43 bits per heavy atom. The molecule has 1 aliphatic rings. The molecule has 0 saturated carbocycles. The highest BCUT2D eigenvalue weighted by atomic mass is 35.5. The van der Waals surface area contributed by atoms with Crippen molar-refractivity contribution in [2.24, 2.45) is 0 Å². The van der Waals surface area contributed by atoms with E-state index in [-0.39, 0.29) is 0 Å². The predicted octanol–water partition coefficient (Wildman–Crippen LogP) is 3.41. The summed E-state index contributed by atoms with van der Waals surface area (Å²) in [6.45, 7) is 3.04. The van der Waals surface area contributed by atoms with Gasteiger partial charge in [-0.3, -0.25) is 0 Å². The van der Waals surface area contributed by atoms with Gasteiger partial charge in [-0.1, -0.05) is 11.6 Å². The Morgan fingerprint density at radius 3 is 3.05 bits per heavy atom. The number of hydrogen-bond acceptors (Lipinski definition) is 6. The van der Waals surface area contributed by atoms with Crippen LogP contribution in [0.2, 0.25) is 5.02 Å². The third-order valence-corrected chi connectivity index (χ3v) is 4.00. The van der Waals surface area contributed by atoms with E-state index in [4.69, 9.17) is 25.8 Å². The molecule has 1 aliphatic heterocycles. The molecule has 1 aromatic carbocycles. The minimum absolute atomic E-state index is 0.294. The fraction of sp³-hybridized carbons (Fsp3) is 0.286. The highest BCUT2D eigenvalue weighted by Gasteiger charge is 2.19. The van der Waals surface area contributed by atoms with Gasteiger partial charge in [0.2, 0.25) is 0 Å². The molecule has 0 N–H and O–H groups in total. The topological polar surface area (TPSA) is 57.7 Å². The van der Waals surface area contributed by atoms with Gasteiger partial charge in [0.05, 0.1) is 11.6 Å². The number of fused-ring (bicyclic) bond motifs is 1. The molecule has 0 unspecified atom stereocenters. The lowest BCUT2D eigenvalue weighted by Gasteiger charge is -2.19. The van der Waals surface area contributed by atoms with Crippen LogP contribution in [0.15, 0.2) is 17.5 Å². The van der Waals surface area contributed by atoms with Gasteiger partial charge in [0, 0.05) is 10.9 Å². The summed E-state index contributed by atoms with van der Waals surface area (Å²) in [7, 11) is 0. The molecular formula is C14H12ClNO4S. The number of hydrogen-bond donors (Lipinski definition) is 0. The molecule has 2 aromatic rings. The fourth-order valence-electron chi connectivity index (χ4n) is 1.94. The molecular weight excluding hydrogens is 314 g/mol. The molecule has 0 aliphatic carbocycles. The van der Waals surface area contributed by atoms with Crippen molar-refractivity contribution in [3.8, 4) is 22.1 Å². The van der Waals surface area contributed by atoms with E-state index in [1.807, 2.05) is 6.07 Å². The van der Waals surface area contributed by atoms with E-state index in [2.05, 4.69) is 4.98 Å². The van der Waals surface area contributed by atoms with E-state index in [0.717, 1.165) is 5.56 Å². The van der Waals surface area contributed by atoms with Gasteiger partial charge in [-0.25, -0.2) is 9.78 Å². The number of carbonyl (C=O) groups excluding carboxylic acids is 1. The van der Waals surface area contributed by atoms with Gasteiger partial charge >= 0.3 is 5.97 Å². The molecule has 2 heterocycles. The minimum Gasteiger partial charge on any atom is -0.486 e. The second-order valence-electron chi connectivity index (χ2n) is 4.24. The summed E-state index contributed by atoms with van der Waals surface area (Å²) in [4.78, 5) is 15.9. The lowest BCUT2D eigenvalue weighted by atomic mass is 10.2. The van der Waals surface area contributed by atoms with Gasteiger partial charge in [0.15, 0.2) is 17.2 Å². The van der Waals surface area contributed by atoms with E-state index >= 15 is 0 Å². The molecule has 0 saturated heterocycles. The SMILES string of the molecule is CCOC(=O)c1csc(-c2cc(Cl)c3c(c2)OCCO3)n1. The summed E-state index contributed by atoms with van der Waals surface area (Å²) in [5, 5.41) is 2.81. The predicted molar refractivity (Wildman–Crippen MR) is 79.5 cm³/mol. The van der Waals surface area contributed by atoms with Crippen LogP contribution >= 0.6 is 22.9 Å². The van der Waals surface area contributed by atoms with Crippen molar-refractivity contribution in [3.63, 3.8) is 0 Å². The summed E-state index contributed by atoms with van der Waals surface area (Å²) in [6, 6.07) is 3.57. The number of esters is 1. The Balaban J connectivity index is 1.94. The summed E-state index contributed by atoms with van der Waals surface area (Å²) in [5.74, 6) is 0.717. The summed E-state index contributed by atoms with van der Waals surface area (Å²) in [5.41, 5.74) is 1.08. The quantitative estimate of drug-likeness (QED) is 0.809. The summed E-state index contributed by atoms with van der Waals surface area (Å²) < 4.78 is 15.9. The van der Waals surface area contributed by atoms with Crippen LogP contribution < -0.4 is 9.47 Å². The third kappa shape index (κ3) is 2.82. The zero-order chi connectivity index (χ0) is 14.8. The van der Waals surface area contributed by atoms with Crippen LogP contribution in [0, 0.1) is 0 Å². The van der Waals surface area contributed by atoms with Gasteiger partial charge in [-0.2, -0.15) is 0 Å². The number of nitrogens with zero attached hydrogens (tertiary/aromatic N) is 1. The van der Waals surface area contributed by atoms with Gasteiger partial charge in [-0.05, 0) is 19.1 Å². The first-order chi connectivity index (χ1) is 10.2. The van der Waals surface area contributed by atoms with Crippen LogP contribution in [0.3, 0.4) is 0 Å². The lowest BCUT2D eigenvalue weighted by Crippen LogP contribution is -2.15. The lowest BCUT2D eigenvalue weighted by molar-refractivity contribution is 0.0520. The number of halogens is 1. The maximum atomic E-state index is 11.6. The van der Waals surface area contributed by atoms with E-state index in [1.165, 1.54) is 11.3 Å². The molecule has 21 heavy (non-hydrogen) atoms. The number of aromatic nitrogens is 1. The molecule has 3 rings (SSSR count). The number of benzene rings is 1. The first-order valence-electron chi connectivity index (χ1n) is 6.41. The monoisotopic (exact) mass is 325 g/mol. The molecule has 7 heteroatoms. The average molecular weight is 326 g/mol. The number of rotatable bonds is 3. The summed E-state index contributed by atoms with van der Waals surface area (Å²) in [6.07, 6.45) is 0. The Labute approximate surface area is 130 Å². The third-order valence-electron chi connectivity index (χ3n) is 2.83. The molecule has 0 fully saturated rings. The normalized spacial score (nSPS) is 13.0. The van der Waals surface area contributed by atoms with Crippen molar-refractivity contribution in [2.75, 3.05) is 19.8 Å². The van der Waals surface area contributed by atoms with E-state index in [9.17, 15) is 4.79 Å². The second-order valence-corrected chi connectivity index (χ2v) is 5.51. The van der Waals surface area contributed by atoms with Gasteiger partial charge in [0.1, 0.15) is 18.2 Å². The van der Waals surface area contributed by atoms with Crippen LogP contribution in [0.1, 0.15) is 17.4 Å². The van der Waals surface area contributed by atoms with E-state index < -0.39 is 5.97 Å². The highest BCUT2D eigenvalue weighted by Crippen LogP contribution is 2.41. The van der Waals surface area contributed by atoms with Crippen LogP contribution in [0.5, 0.6) is 11.5 Å². The zero-order valence-corrected chi connectivity index (χ0v) is 12.8. The van der Waals surface area contributed by atoms with Crippen molar-refractivity contribution < 1.29 is 19.0 Å². The first-order valence-corrected chi connectivity index (χ1v) is 7.67. The van der Waals surface area contributed by atoms with Crippen molar-refractivity contribution in [3.05, 3.63) is 28.2 Å². The largest absolute Gasteiger partial charge is 0.486 e. The van der Waals surface area contributed by atoms with Crippen LogP contribution in [-0.4, -0.2) is 30.8 Å². The standard InChI is InChI=1S/C14H12ClNO4S/c1-2-18-14(17)10-7-21-13(16-10)8-5-9(15)12-11(6-8)19-3-4-20-12/h5-7H,2-4H2,1H3. The number of carbonyl (C=O) groups is 1. The smallest absolute Gasteiger partial charge is 0.357 e. The molecule has 0 amide bonds. The second kappa shape index (κ2) is 5.91. The molecule has 0 radical (unpaired) electrons. The van der Waals surface area contributed by atoms with Gasteiger partial charge in [0.25, 0.3) is 0 Å². The van der Waals surface area contributed by atoms with E-state index in [1.54, 1.807) is 18.4 Å². The Kier molecular flexibility index (Phi) is 3.98. The highest BCUT2D eigenvalue weighted by molar-refractivity contribution is 7.13. The van der Waals surface area contributed by atoms with Gasteiger partial charge < -0.3 is 14.2 Å². The average Bonchev–Trinajstić information content (AvgIpc) is 2.97. The first kappa shape index (κ1) is 14.2. The van der Waals surface area contributed by atoms with Crippen LogP contribution in [0.25, 0.3) is 10.6 Å². The Morgan fingerprint density at radius 2 is 2.24 bits per heavy atom. The van der Waals surface area contributed by atoms with Crippen LogP contribution in [-0.2, 0) is 4.74 Å². The van der Waals surface area contributed by atoms with Crippen LogP contribution in [0.4, 0.5) is 0 Å². The van der Waals surface area contributed by atoms with Crippen molar-refractivity contribution >= 4 is 28.9 Å². The maximum absolute atomic E-state index is 11.6. The Hall–Kier alpha value is -1.79. The minimum atomic E-state index is -0.427. The van der Waals surface area contributed by atoms with Crippen molar-refractivity contribution in [1.29, 1.82) is 0 Å². The Bertz CT molecular complexity index is 686. The van der Waals surface area contributed by atoms with Crippen molar-refractivity contribution in [2.45, 2.75) is 6.92 Å². The summed E-state index contributed by atoms with van der Waals surface area (Å²) >= 11 is 7.55. The molecule has 5 nitrogen and oxygen atoms in total. The number of ether oxygens (including phenoxy) is 3. The van der Waals surface area contributed by atoms with Crippen molar-refractivity contribution in [1.82, 2.24) is 4.98 Å². The van der Waals surface area contributed by atoms with Gasteiger partial charge in [-0.15, -0.1) is 11.3 Å².